The molecule has 0 radical (unpaired) electrons. The first-order valence-electron chi connectivity index (χ1n) is 10.2. The Bertz CT molecular complexity index is 1360. The van der Waals surface area contributed by atoms with E-state index in [-0.39, 0.29) is 18.4 Å². The number of aromatic nitrogens is 1. The Morgan fingerprint density at radius 2 is 1.74 bits per heavy atom. The topological polar surface area (TPSA) is 62.3 Å². The summed E-state index contributed by atoms with van der Waals surface area (Å²) in [6, 6.07) is 23.0. The van der Waals surface area contributed by atoms with Gasteiger partial charge in [0.15, 0.2) is 0 Å². The molecule has 152 valence electrons. The first kappa shape index (κ1) is 19.0. The van der Waals surface area contributed by atoms with E-state index in [1.807, 2.05) is 67.6 Å². The molecule has 4 aromatic rings. The highest BCUT2D eigenvalue weighted by atomic mass is 16.2. The maximum atomic E-state index is 13.8. The average molecular weight is 407 g/mol. The summed E-state index contributed by atoms with van der Waals surface area (Å²) >= 11 is 0. The van der Waals surface area contributed by atoms with Crippen molar-refractivity contribution in [1.29, 1.82) is 0 Å². The molecule has 0 saturated carbocycles. The predicted octanol–water partition coefficient (Wildman–Crippen LogP) is 5.12. The normalized spacial score (nSPS) is 13.1. The number of carbonyl (C=O) groups excluding carboxylic acids is 2. The second-order valence-corrected chi connectivity index (χ2v) is 7.85. The van der Waals surface area contributed by atoms with Crippen molar-refractivity contribution in [2.24, 2.45) is 0 Å². The number of rotatable bonds is 2. The van der Waals surface area contributed by atoms with Crippen molar-refractivity contribution < 1.29 is 9.59 Å². The minimum atomic E-state index is -0.216. The molecule has 2 amide bonds. The van der Waals surface area contributed by atoms with Crippen molar-refractivity contribution in [2.75, 3.05) is 16.8 Å². The van der Waals surface area contributed by atoms with E-state index < -0.39 is 0 Å². The van der Waals surface area contributed by atoms with Gasteiger partial charge in [-0.05, 0) is 43.7 Å². The third kappa shape index (κ3) is 3.34. The fourth-order valence-corrected chi connectivity index (χ4v) is 4.15. The Kier molecular flexibility index (Phi) is 4.51. The number of aryl methyl sites for hydroxylation is 2. The first-order chi connectivity index (χ1) is 15.0. The van der Waals surface area contributed by atoms with Crippen LogP contribution in [0.1, 0.15) is 21.5 Å². The number of amides is 2. The van der Waals surface area contributed by atoms with Crippen LogP contribution in [0.2, 0.25) is 0 Å². The molecule has 5 heteroatoms. The monoisotopic (exact) mass is 407 g/mol. The summed E-state index contributed by atoms with van der Waals surface area (Å²) in [5.41, 5.74) is 6.62. The Labute approximate surface area is 180 Å². The summed E-state index contributed by atoms with van der Waals surface area (Å²) in [6.45, 7) is 4.08. The molecule has 5 nitrogen and oxygen atoms in total. The lowest BCUT2D eigenvalue weighted by molar-refractivity contribution is -0.115. The number of hydrogen-bond donors (Lipinski definition) is 1. The van der Waals surface area contributed by atoms with Crippen LogP contribution in [0.4, 0.5) is 11.4 Å². The van der Waals surface area contributed by atoms with Crippen LogP contribution in [-0.4, -0.2) is 23.3 Å². The second kappa shape index (κ2) is 7.36. The number of anilines is 2. The van der Waals surface area contributed by atoms with Crippen LogP contribution >= 0.6 is 0 Å². The Balaban J connectivity index is 1.69. The minimum Gasteiger partial charge on any atom is -0.323 e. The van der Waals surface area contributed by atoms with Crippen LogP contribution in [0.25, 0.3) is 22.2 Å². The van der Waals surface area contributed by atoms with E-state index in [2.05, 4.69) is 18.3 Å². The molecule has 1 aromatic heterocycles. The molecular formula is C26H21N3O2. The summed E-state index contributed by atoms with van der Waals surface area (Å²) in [7, 11) is 0. The number of benzene rings is 3. The lowest BCUT2D eigenvalue weighted by Gasteiger charge is -2.29. The number of fused-ring (bicyclic) bond motifs is 2. The zero-order valence-electron chi connectivity index (χ0n) is 17.3. The van der Waals surface area contributed by atoms with Gasteiger partial charge in [0.1, 0.15) is 6.54 Å². The number of nitrogens with zero attached hydrogens (tertiary/aromatic N) is 2. The van der Waals surface area contributed by atoms with E-state index in [9.17, 15) is 9.59 Å². The van der Waals surface area contributed by atoms with Crippen LogP contribution in [0.3, 0.4) is 0 Å². The molecule has 3 aromatic carbocycles. The summed E-state index contributed by atoms with van der Waals surface area (Å²) < 4.78 is 0. The molecule has 31 heavy (non-hydrogen) atoms. The highest BCUT2D eigenvalue weighted by Gasteiger charge is 2.29. The van der Waals surface area contributed by atoms with Crippen molar-refractivity contribution in [2.45, 2.75) is 13.8 Å². The van der Waals surface area contributed by atoms with E-state index in [1.54, 1.807) is 11.0 Å². The third-order valence-corrected chi connectivity index (χ3v) is 5.62. The van der Waals surface area contributed by atoms with Gasteiger partial charge in [-0.15, -0.1) is 0 Å². The maximum absolute atomic E-state index is 13.8. The van der Waals surface area contributed by atoms with Crippen LogP contribution in [0.15, 0.2) is 72.8 Å². The smallest absolute Gasteiger partial charge is 0.259 e. The average Bonchev–Trinajstić information content (AvgIpc) is 2.77. The third-order valence-electron chi connectivity index (χ3n) is 5.62. The van der Waals surface area contributed by atoms with Crippen LogP contribution in [-0.2, 0) is 4.79 Å². The summed E-state index contributed by atoms with van der Waals surface area (Å²) in [6.07, 6.45) is 0. The quantitative estimate of drug-likeness (QED) is 0.502. The van der Waals surface area contributed by atoms with Gasteiger partial charge in [-0.3, -0.25) is 14.5 Å². The highest BCUT2D eigenvalue weighted by molar-refractivity contribution is 6.19. The molecule has 0 bridgehead atoms. The van der Waals surface area contributed by atoms with Crippen LogP contribution < -0.4 is 10.2 Å². The summed E-state index contributed by atoms with van der Waals surface area (Å²) in [5, 5.41) is 3.61. The fraction of sp³-hybridized carbons (Fsp3) is 0.115. The van der Waals surface area contributed by atoms with Crippen LogP contribution in [0.5, 0.6) is 0 Å². The number of nitrogens with one attached hydrogen (secondary N) is 1. The van der Waals surface area contributed by atoms with Gasteiger partial charge in [-0.1, -0.05) is 54.1 Å². The number of hydrogen-bond acceptors (Lipinski definition) is 3. The first-order valence-corrected chi connectivity index (χ1v) is 10.2. The van der Waals surface area contributed by atoms with Crippen LogP contribution in [0, 0.1) is 13.8 Å². The highest BCUT2D eigenvalue weighted by Crippen LogP contribution is 2.33. The Morgan fingerprint density at radius 3 is 2.58 bits per heavy atom. The summed E-state index contributed by atoms with van der Waals surface area (Å²) in [5.74, 6) is -0.424. The molecule has 0 spiro atoms. The van der Waals surface area contributed by atoms with E-state index in [0.29, 0.717) is 16.9 Å². The zero-order chi connectivity index (χ0) is 21.5. The van der Waals surface area contributed by atoms with E-state index >= 15 is 0 Å². The van der Waals surface area contributed by atoms with E-state index in [4.69, 9.17) is 4.98 Å². The van der Waals surface area contributed by atoms with Crippen molar-refractivity contribution >= 4 is 34.1 Å². The number of carbonyl (C=O) groups is 2. The molecule has 0 aliphatic carbocycles. The van der Waals surface area contributed by atoms with Gasteiger partial charge in [0, 0.05) is 10.9 Å². The lowest BCUT2D eigenvalue weighted by atomic mass is 9.98. The lowest BCUT2D eigenvalue weighted by Crippen LogP contribution is -2.42. The molecule has 2 heterocycles. The minimum absolute atomic E-state index is 0.0224. The van der Waals surface area contributed by atoms with Crippen molar-refractivity contribution in [3.8, 4) is 11.3 Å². The van der Waals surface area contributed by atoms with Gasteiger partial charge in [-0.25, -0.2) is 4.98 Å². The largest absolute Gasteiger partial charge is 0.323 e. The van der Waals surface area contributed by atoms with Gasteiger partial charge in [-0.2, -0.15) is 0 Å². The Hall–Kier alpha value is -3.99. The van der Waals surface area contributed by atoms with Crippen molar-refractivity contribution in [1.82, 2.24) is 4.98 Å². The van der Waals surface area contributed by atoms with Gasteiger partial charge in [0.25, 0.3) is 5.91 Å². The molecule has 1 aliphatic heterocycles. The molecule has 0 unspecified atom stereocenters. The molecule has 1 aliphatic rings. The van der Waals surface area contributed by atoms with Gasteiger partial charge < -0.3 is 5.32 Å². The van der Waals surface area contributed by atoms with E-state index in [0.717, 1.165) is 27.7 Å². The molecule has 0 fully saturated rings. The molecular weight excluding hydrogens is 386 g/mol. The molecule has 1 N–H and O–H groups in total. The molecule has 0 atom stereocenters. The fourth-order valence-electron chi connectivity index (χ4n) is 4.15. The van der Waals surface area contributed by atoms with Crippen molar-refractivity contribution in [3.63, 3.8) is 0 Å². The van der Waals surface area contributed by atoms with Gasteiger partial charge in [0.2, 0.25) is 5.91 Å². The SMILES string of the molecule is Cc1ccc(-c2cc(C(=O)N3CC(=O)Nc4ccccc43)c3ccccc3n2)c(C)c1. The van der Waals surface area contributed by atoms with Gasteiger partial charge in [0.05, 0.1) is 28.1 Å². The van der Waals surface area contributed by atoms with Crippen molar-refractivity contribution in [3.05, 3.63) is 89.5 Å². The predicted molar refractivity (Wildman–Crippen MR) is 123 cm³/mol. The summed E-state index contributed by atoms with van der Waals surface area (Å²) in [4.78, 5) is 32.4. The standard InChI is InChI=1S/C26H21N3O2/c1-16-11-12-18(17(2)13-16)23-14-20(19-7-3-4-8-21(19)27-23)26(31)29-15-25(30)28-22-9-5-6-10-24(22)29/h3-14H,15H2,1-2H3,(H,28,30). The van der Waals surface area contributed by atoms with E-state index in [1.165, 1.54) is 5.56 Å². The zero-order valence-corrected chi connectivity index (χ0v) is 17.3. The number of para-hydroxylation sites is 3. The number of pyridine rings is 1. The second-order valence-electron chi connectivity index (χ2n) is 7.85. The molecule has 5 rings (SSSR count). The molecule has 0 saturated heterocycles. The Morgan fingerprint density at radius 1 is 0.968 bits per heavy atom. The van der Waals surface area contributed by atoms with Gasteiger partial charge >= 0.3 is 0 Å². The maximum Gasteiger partial charge on any atom is 0.259 e.